The standard InChI is InChI=1S/C28H24O6/c1-17-3-7-19(8-4-17)11-13-21-15-23(29)27(31)25(33-21)26-28(27,32)24(30)16-22(34-26)14-12-20-9-5-18(2)6-10-20/h3-16,25-26,31-32H,1-2H3/b13-11+,14-12+/t25-,26-,27+,28+/m0/s1. The van der Waals surface area contributed by atoms with E-state index in [1.165, 1.54) is 0 Å². The minimum Gasteiger partial charge on any atom is -0.483 e. The number of allylic oxidation sites excluding steroid dienone is 2. The SMILES string of the molecule is Cc1ccc(/C=C/C2=CC(=O)[C@@]3(O)[C@@H](O2)[C@@H]2OC(/C=C/c4ccc(C)cc4)=CC(=O)[C@@]23O)cc1. The Balaban J connectivity index is 1.38. The predicted octanol–water partition coefficient (Wildman–Crippen LogP) is 3.21. The number of aliphatic hydroxyl groups is 2. The molecule has 6 nitrogen and oxygen atoms in total. The summed E-state index contributed by atoms with van der Waals surface area (Å²) < 4.78 is 11.7. The highest BCUT2D eigenvalue weighted by atomic mass is 16.6. The van der Waals surface area contributed by atoms with Crippen LogP contribution in [0.1, 0.15) is 22.3 Å². The molecule has 2 aliphatic heterocycles. The van der Waals surface area contributed by atoms with E-state index in [9.17, 15) is 19.8 Å². The van der Waals surface area contributed by atoms with E-state index in [-0.39, 0.29) is 11.5 Å². The van der Waals surface area contributed by atoms with Crippen LogP contribution in [0, 0.1) is 13.8 Å². The van der Waals surface area contributed by atoms with Crippen molar-refractivity contribution >= 4 is 23.7 Å². The van der Waals surface area contributed by atoms with Gasteiger partial charge in [0.1, 0.15) is 11.5 Å². The van der Waals surface area contributed by atoms with Gasteiger partial charge in [-0.2, -0.15) is 0 Å². The van der Waals surface area contributed by atoms with Crippen molar-refractivity contribution in [2.45, 2.75) is 37.3 Å². The average Bonchev–Trinajstić information content (AvgIpc) is 2.82. The van der Waals surface area contributed by atoms with Gasteiger partial charge < -0.3 is 19.7 Å². The molecule has 1 fully saturated rings. The first-order valence-electron chi connectivity index (χ1n) is 11.0. The quantitative estimate of drug-likeness (QED) is 0.734. The normalized spacial score (nSPS) is 30.1. The number of hydrogen-bond acceptors (Lipinski definition) is 6. The Morgan fingerprint density at radius 1 is 0.647 bits per heavy atom. The van der Waals surface area contributed by atoms with Gasteiger partial charge in [0.05, 0.1) is 0 Å². The van der Waals surface area contributed by atoms with Crippen molar-refractivity contribution in [1.29, 1.82) is 0 Å². The Hall–Kier alpha value is -3.74. The first-order valence-corrected chi connectivity index (χ1v) is 11.0. The third-order valence-electron chi connectivity index (χ3n) is 6.54. The summed E-state index contributed by atoms with van der Waals surface area (Å²) in [6.07, 6.45) is 6.50. The predicted molar refractivity (Wildman–Crippen MR) is 126 cm³/mol. The number of benzene rings is 2. The average molecular weight is 456 g/mol. The number of ketones is 2. The fraction of sp³-hybridized carbons (Fsp3) is 0.214. The van der Waals surface area contributed by atoms with Gasteiger partial charge in [-0.3, -0.25) is 9.59 Å². The Morgan fingerprint density at radius 3 is 1.35 bits per heavy atom. The van der Waals surface area contributed by atoms with Crippen LogP contribution in [0.4, 0.5) is 0 Å². The number of carbonyl (C=O) groups excluding carboxylic acids is 2. The Morgan fingerprint density at radius 2 is 1.00 bits per heavy atom. The summed E-state index contributed by atoms with van der Waals surface area (Å²) in [6.45, 7) is 3.98. The number of carbonyl (C=O) groups is 2. The molecule has 0 aromatic heterocycles. The van der Waals surface area contributed by atoms with Crippen LogP contribution in [0.15, 0.2) is 84.4 Å². The van der Waals surface area contributed by atoms with Crippen LogP contribution in [-0.2, 0) is 19.1 Å². The molecular formula is C28H24O6. The zero-order valence-electron chi connectivity index (χ0n) is 18.8. The van der Waals surface area contributed by atoms with Crippen molar-refractivity contribution in [2.75, 3.05) is 0 Å². The molecule has 2 heterocycles. The van der Waals surface area contributed by atoms with E-state index in [1.54, 1.807) is 24.3 Å². The molecule has 0 spiro atoms. The second kappa shape index (κ2) is 7.94. The third kappa shape index (κ3) is 3.34. The van der Waals surface area contributed by atoms with Crippen molar-refractivity contribution in [3.8, 4) is 0 Å². The topological polar surface area (TPSA) is 93.1 Å². The minimum absolute atomic E-state index is 0.213. The summed E-state index contributed by atoms with van der Waals surface area (Å²) in [5, 5.41) is 22.1. The molecule has 2 aromatic carbocycles. The smallest absolute Gasteiger partial charge is 0.208 e. The number of ether oxygens (including phenoxy) is 2. The lowest BCUT2D eigenvalue weighted by atomic mass is 9.55. The van der Waals surface area contributed by atoms with Crippen LogP contribution in [-0.4, -0.2) is 45.2 Å². The highest BCUT2D eigenvalue weighted by Crippen LogP contribution is 2.53. The number of aryl methyl sites for hydroxylation is 2. The van der Waals surface area contributed by atoms with E-state index >= 15 is 0 Å². The molecule has 0 saturated heterocycles. The second-order valence-corrected chi connectivity index (χ2v) is 8.92. The summed E-state index contributed by atoms with van der Waals surface area (Å²) >= 11 is 0. The molecule has 0 bridgehead atoms. The van der Waals surface area contributed by atoms with Gasteiger partial charge in [0.2, 0.25) is 11.2 Å². The Bertz CT molecular complexity index is 1180. The van der Waals surface area contributed by atoms with E-state index in [1.807, 2.05) is 62.4 Å². The highest BCUT2D eigenvalue weighted by molar-refractivity contribution is 6.12. The number of fused-ring (bicyclic) bond motifs is 4. The second-order valence-electron chi connectivity index (χ2n) is 8.92. The molecule has 2 aromatic rings. The van der Waals surface area contributed by atoms with E-state index in [2.05, 4.69) is 0 Å². The molecule has 1 aliphatic carbocycles. The van der Waals surface area contributed by atoms with Crippen molar-refractivity contribution in [2.24, 2.45) is 0 Å². The van der Waals surface area contributed by atoms with Crippen molar-refractivity contribution in [1.82, 2.24) is 0 Å². The van der Waals surface area contributed by atoms with Crippen LogP contribution >= 0.6 is 0 Å². The molecule has 0 radical (unpaired) electrons. The van der Waals surface area contributed by atoms with Crippen LogP contribution in [0.25, 0.3) is 12.2 Å². The van der Waals surface area contributed by atoms with Gasteiger partial charge in [-0.05, 0) is 37.1 Å². The Kier molecular flexibility index (Phi) is 5.15. The molecule has 5 rings (SSSR count). The van der Waals surface area contributed by atoms with Gasteiger partial charge in [0.15, 0.2) is 23.8 Å². The summed E-state index contributed by atoms with van der Waals surface area (Å²) in [5.41, 5.74) is -0.748. The van der Waals surface area contributed by atoms with Gasteiger partial charge in [-0.25, -0.2) is 0 Å². The molecule has 34 heavy (non-hydrogen) atoms. The lowest BCUT2D eigenvalue weighted by Crippen LogP contribution is -2.89. The first kappa shape index (κ1) is 22.1. The van der Waals surface area contributed by atoms with Crippen molar-refractivity contribution < 1.29 is 29.3 Å². The summed E-state index contributed by atoms with van der Waals surface area (Å²) in [4.78, 5) is 25.7. The molecule has 6 heteroatoms. The van der Waals surface area contributed by atoms with Crippen molar-refractivity contribution in [3.63, 3.8) is 0 Å². The van der Waals surface area contributed by atoms with Gasteiger partial charge in [-0.15, -0.1) is 0 Å². The van der Waals surface area contributed by atoms with Crippen molar-refractivity contribution in [3.05, 3.63) is 107 Å². The highest BCUT2D eigenvalue weighted by Gasteiger charge is 2.82. The first-order chi connectivity index (χ1) is 16.2. The fourth-order valence-corrected chi connectivity index (χ4v) is 4.45. The van der Waals surface area contributed by atoms with E-state index in [0.29, 0.717) is 0 Å². The minimum atomic E-state index is -2.40. The molecule has 2 N–H and O–H groups in total. The zero-order chi connectivity index (χ0) is 24.1. The van der Waals surface area contributed by atoms with Gasteiger partial charge >= 0.3 is 0 Å². The molecule has 3 aliphatic rings. The molecule has 172 valence electrons. The largest absolute Gasteiger partial charge is 0.483 e. The lowest BCUT2D eigenvalue weighted by molar-refractivity contribution is -0.319. The maximum atomic E-state index is 12.8. The van der Waals surface area contributed by atoms with Crippen LogP contribution in [0.5, 0.6) is 0 Å². The van der Waals surface area contributed by atoms with E-state index in [0.717, 1.165) is 34.4 Å². The van der Waals surface area contributed by atoms with Crippen LogP contribution in [0.2, 0.25) is 0 Å². The number of rotatable bonds is 4. The van der Waals surface area contributed by atoms with Gasteiger partial charge in [0.25, 0.3) is 0 Å². The molecule has 0 unspecified atom stereocenters. The number of hydrogen-bond donors (Lipinski definition) is 2. The molecule has 4 atom stereocenters. The van der Waals surface area contributed by atoms with E-state index < -0.39 is 35.0 Å². The third-order valence-corrected chi connectivity index (χ3v) is 6.54. The van der Waals surface area contributed by atoms with E-state index in [4.69, 9.17) is 9.47 Å². The summed E-state index contributed by atoms with van der Waals surface area (Å²) in [7, 11) is 0. The maximum Gasteiger partial charge on any atom is 0.208 e. The molecule has 0 amide bonds. The summed E-state index contributed by atoms with van der Waals surface area (Å²) in [6, 6.07) is 15.6. The van der Waals surface area contributed by atoms with Crippen LogP contribution in [0.3, 0.4) is 0 Å². The monoisotopic (exact) mass is 456 g/mol. The van der Waals surface area contributed by atoms with Gasteiger partial charge in [-0.1, -0.05) is 71.8 Å². The lowest BCUT2D eigenvalue weighted by Gasteiger charge is -2.61. The molecule has 1 saturated carbocycles. The van der Waals surface area contributed by atoms with Gasteiger partial charge in [0, 0.05) is 12.2 Å². The van der Waals surface area contributed by atoms with Crippen LogP contribution < -0.4 is 0 Å². The molecular weight excluding hydrogens is 432 g/mol. The Labute approximate surface area is 197 Å². The summed E-state index contributed by atoms with van der Waals surface area (Å²) in [5.74, 6) is -1.17. The maximum absolute atomic E-state index is 12.8. The zero-order valence-corrected chi connectivity index (χ0v) is 18.8. The fourth-order valence-electron chi connectivity index (χ4n) is 4.45.